The van der Waals surface area contributed by atoms with Gasteiger partial charge in [0.05, 0.1) is 11.0 Å². The number of amides is 1. The van der Waals surface area contributed by atoms with Gasteiger partial charge in [-0.1, -0.05) is 72.5 Å². The van der Waals surface area contributed by atoms with Crippen LogP contribution in [-0.2, 0) is 43.2 Å². The van der Waals surface area contributed by atoms with Gasteiger partial charge in [0.2, 0.25) is 0 Å². The molecule has 0 unspecified atom stereocenters. The van der Waals surface area contributed by atoms with Crippen molar-refractivity contribution in [3.63, 3.8) is 0 Å². The van der Waals surface area contributed by atoms with Crippen LogP contribution in [-0.4, -0.2) is 38.8 Å². The molecule has 7 heteroatoms. The van der Waals surface area contributed by atoms with Crippen molar-refractivity contribution in [3.05, 3.63) is 102 Å². The Morgan fingerprint density at radius 2 is 1.58 bits per heavy atom. The second kappa shape index (κ2) is 9.28. The molecular formula is C36H30N3O3Y-. The van der Waals surface area contributed by atoms with Gasteiger partial charge in [0.15, 0.2) is 0 Å². The van der Waals surface area contributed by atoms with E-state index in [1.807, 2.05) is 42.3 Å². The van der Waals surface area contributed by atoms with E-state index in [2.05, 4.69) is 77.9 Å². The molecule has 6 nitrogen and oxygen atoms in total. The summed E-state index contributed by atoms with van der Waals surface area (Å²) >= 11 is 0. The maximum atomic E-state index is 13.8. The van der Waals surface area contributed by atoms with Crippen LogP contribution in [0.5, 0.6) is 0 Å². The number of aromatic nitrogens is 2. The zero-order valence-electron chi connectivity index (χ0n) is 24.4. The Bertz CT molecular complexity index is 2160. The molecule has 211 valence electrons. The van der Waals surface area contributed by atoms with Gasteiger partial charge in [0, 0.05) is 74.7 Å². The number of carbonyl (C=O) groups excluding carboxylic acids is 2. The molecule has 9 rings (SSSR count). The third kappa shape index (κ3) is 3.32. The maximum absolute atomic E-state index is 13.8. The van der Waals surface area contributed by atoms with Crippen LogP contribution < -0.4 is 0 Å². The molecule has 2 aliphatic heterocycles. The summed E-state index contributed by atoms with van der Waals surface area (Å²) in [6.45, 7) is 4.40. The third-order valence-electron chi connectivity index (χ3n) is 10.4. The number of ether oxygens (including phenoxy) is 1. The molecule has 2 bridgehead atoms. The minimum absolute atomic E-state index is 0. The summed E-state index contributed by atoms with van der Waals surface area (Å²) in [5.41, 5.74) is 6.11. The summed E-state index contributed by atoms with van der Waals surface area (Å²) in [5, 5.41) is 4.34. The van der Waals surface area contributed by atoms with Gasteiger partial charge in [-0.2, -0.15) is 12.0 Å². The molecule has 3 aliphatic rings. The van der Waals surface area contributed by atoms with Crippen LogP contribution >= 0.6 is 0 Å². The summed E-state index contributed by atoms with van der Waals surface area (Å²) < 4.78 is 12.0. The minimum Gasteiger partial charge on any atom is -0.338 e. The number of fused-ring (bicyclic) bond motifs is 13. The quantitative estimate of drug-likeness (QED) is 0.185. The van der Waals surface area contributed by atoms with Gasteiger partial charge in [-0.3, -0.25) is 4.79 Å². The molecule has 43 heavy (non-hydrogen) atoms. The molecule has 2 aromatic heterocycles. The second-order valence-electron chi connectivity index (χ2n) is 12.3. The molecule has 0 N–H and O–H groups in total. The van der Waals surface area contributed by atoms with Gasteiger partial charge >= 0.3 is 0 Å². The maximum Gasteiger partial charge on any atom is 0.253 e. The summed E-state index contributed by atoms with van der Waals surface area (Å²) in [5.74, 6) is 0.150. The predicted octanol–water partition coefficient (Wildman–Crippen LogP) is 7.42. The van der Waals surface area contributed by atoms with Gasteiger partial charge in [-0.25, -0.2) is 0 Å². The van der Waals surface area contributed by atoms with E-state index in [1.54, 1.807) is 0 Å². The topological polar surface area (TPSA) is 56.5 Å². The third-order valence-corrected chi connectivity index (χ3v) is 10.4. The number of hydrogen-bond acceptors (Lipinski definition) is 3. The van der Waals surface area contributed by atoms with Crippen molar-refractivity contribution in [2.45, 2.75) is 44.7 Å². The van der Waals surface area contributed by atoms with Crippen LogP contribution in [0.25, 0.3) is 43.6 Å². The molecule has 1 amide bonds. The first-order chi connectivity index (χ1) is 20.4. The summed E-state index contributed by atoms with van der Waals surface area (Å²) in [6, 6.07) is 26.3. The van der Waals surface area contributed by atoms with Gasteiger partial charge in [-0.05, 0) is 53.8 Å². The molecule has 1 aliphatic carbocycles. The van der Waals surface area contributed by atoms with E-state index in [9.17, 15) is 9.59 Å². The molecule has 4 heterocycles. The number of rotatable bonds is 2. The van der Waals surface area contributed by atoms with Gasteiger partial charge < -0.3 is 23.6 Å². The fraction of sp³-hybridized carbons (Fsp3) is 0.250. The van der Waals surface area contributed by atoms with E-state index in [-0.39, 0.29) is 62.6 Å². The van der Waals surface area contributed by atoms with Crippen LogP contribution in [0.4, 0.5) is 0 Å². The van der Waals surface area contributed by atoms with Gasteiger partial charge in [0.25, 0.3) is 5.91 Å². The van der Waals surface area contributed by atoms with Crippen LogP contribution in [0.15, 0.2) is 78.9 Å². The Hall–Kier alpha value is -3.45. The van der Waals surface area contributed by atoms with E-state index >= 15 is 0 Å². The largest absolute Gasteiger partial charge is 0.338 e. The van der Waals surface area contributed by atoms with Gasteiger partial charge in [0.1, 0.15) is 17.7 Å². The number of hydrogen-bond donors (Lipinski definition) is 0. The normalized spacial score (nSPS) is 23.9. The van der Waals surface area contributed by atoms with Crippen LogP contribution in [0.1, 0.15) is 59.2 Å². The Morgan fingerprint density at radius 1 is 0.930 bits per heavy atom. The number of benzene rings is 4. The molecular weight excluding hydrogens is 611 g/mol. The zero-order valence-corrected chi connectivity index (χ0v) is 27.2. The standard InChI is InChI=1S/C36H30N3O3.Y/c1-20-27(37(3)35(41)21-11-5-4-6-12-21)19-29-38-25-15-9-7-13-22(25)32-31-24(17-18-28(31)40)30-23-14-8-10-16-26(23)39(34(30)33(32)38)36(20,2)42-29;/h4-17,20,27,29H,18-19H2,1-3H3;/q-1;/t20-,27-,29-,36+;/m1./s1. The monoisotopic (exact) mass is 641 g/mol. The number of ketones is 1. The summed E-state index contributed by atoms with van der Waals surface area (Å²) in [6.07, 6.45) is 2.85. The zero-order chi connectivity index (χ0) is 28.5. The Kier molecular flexibility index (Phi) is 5.85. The first kappa shape index (κ1) is 27.1. The first-order valence-electron chi connectivity index (χ1n) is 14.8. The average molecular weight is 642 g/mol. The van der Waals surface area contributed by atoms with Gasteiger partial charge in [-0.15, -0.1) is 0 Å². The first-order valence-corrected chi connectivity index (χ1v) is 14.8. The van der Waals surface area contributed by atoms with E-state index < -0.39 is 5.72 Å². The number of nitrogens with zero attached hydrogens (tertiary/aromatic N) is 3. The van der Waals surface area contributed by atoms with E-state index in [1.165, 1.54) is 0 Å². The summed E-state index contributed by atoms with van der Waals surface area (Å²) in [7, 11) is 1.93. The van der Waals surface area contributed by atoms with Crippen LogP contribution in [0.2, 0.25) is 0 Å². The Morgan fingerprint density at radius 3 is 2.33 bits per heavy atom. The molecule has 4 aromatic carbocycles. The molecule has 1 radical (unpaired) electrons. The molecule has 1 saturated heterocycles. The van der Waals surface area contributed by atoms with E-state index in [0.29, 0.717) is 18.4 Å². The molecule has 0 spiro atoms. The van der Waals surface area contributed by atoms with E-state index in [0.717, 1.165) is 54.7 Å². The minimum atomic E-state index is -0.760. The fourth-order valence-corrected chi connectivity index (χ4v) is 8.34. The molecule has 0 saturated carbocycles. The molecule has 4 atom stereocenters. The second-order valence-corrected chi connectivity index (χ2v) is 12.3. The molecule has 6 aromatic rings. The summed E-state index contributed by atoms with van der Waals surface area (Å²) in [4.78, 5) is 29.3. The number of carbonyl (C=O) groups is 2. The fourth-order valence-electron chi connectivity index (χ4n) is 8.34. The van der Waals surface area contributed by atoms with Crippen LogP contribution in [0.3, 0.4) is 0 Å². The van der Waals surface area contributed by atoms with Crippen molar-refractivity contribution in [3.8, 4) is 0 Å². The van der Waals surface area contributed by atoms with E-state index in [4.69, 9.17) is 4.74 Å². The number of Topliss-reactive ketones (excluding diaryl/α,β-unsaturated/α-hetero) is 1. The predicted molar refractivity (Wildman–Crippen MR) is 165 cm³/mol. The van der Waals surface area contributed by atoms with Crippen molar-refractivity contribution in [2.24, 2.45) is 5.92 Å². The van der Waals surface area contributed by atoms with Crippen molar-refractivity contribution in [1.82, 2.24) is 14.0 Å². The van der Waals surface area contributed by atoms with Crippen LogP contribution in [0, 0.1) is 12.3 Å². The smallest absolute Gasteiger partial charge is 0.253 e. The Labute approximate surface area is 274 Å². The Balaban J connectivity index is 0.00000278. The van der Waals surface area contributed by atoms with Crippen molar-refractivity contribution < 1.29 is 47.0 Å². The van der Waals surface area contributed by atoms with Crippen molar-refractivity contribution in [2.75, 3.05) is 7.05 Å². The van der Waals surface area contributed by atoms with Crippen molar-refractivity contribution >= 4 is 55.3 Å². The van der Waals surface area contributed by atoms with Crippen molar-refractivity contribution in [1.29, 1.82) is 0 Å². The molecule has 1 fully saturated rings. The number of para-hydroxylation sites is 2. The average Bonchev–Trinajstić information content (AvgIpc) is 3.66. The SMILES string of the molecule is C[C@@H]1[C@H](N(C)C(=O)c2ccccc2)C[C@H]2O[C@]1(C)n1c3ccccc3c3c4c(c5c6ccccc6n2c5c31)C(=O)C[CH-]4.[Y].